The number of rotatable bonds is 7. The zero-order valence-electron chi connectivity index (χ0n) is 10.3. The maximum absolute atomic E-state index is 10.9. The lowest BCUT2D eigenvalue weighted by Crippen LogP contribution is -2.21. The number of nitro groups is 1. The van der Waals surface area contributed by atoms with E-state index in [1.165, 1.54) is 25.1 Å². The van der Waals surface area contributed by atoms with Crippen LogP contribution in [0.2, 0.25) is 0 Å². The van der Waals surface area contributed by atoms with Gasteiger partial charge in [0.2, 0.25) is 0 Å². The molecule has 0 amide bonds. The van der Waals surface area contributed by atoms with E-state index in [1.807, 2.05) is 0 Å². The molecule has 0 bridgehead atoms. The lowest BCUT2D eigenvalue weighted by atomic mass is 10.2. The van der Waals surface area contributed by atoms with Crippen LogP contribution < -0.4 is 10.1 Å². The molecule has 0 aromatic heterocycles. The van der Waals surface area contributed by atoms with Gasteiger partial charge in [-0.2, -0.15) is 0 Å². The fourth-order valence-electron chi connectivity index (χ4n) is 1.34. The van der Waals surface area contributed by atoms with E-state index in [0.717, 1.165) is 0 Å². The normalized spacial score (nSPS) is 13.7. The zero-order valence-corrected chi connectivity index (χ0v) is 10.3. The summed E-state index contributed by atoms with van der Waals surface area (Å²) >= 11 is 0. The van der Waals surface area contributed by atoms with Crippen molar-refractivity contribution in [3.63, 3.8) is 0 Å². The number of anilines is 1. The van der Waals surface area contributed by atoms with E-state index >= 15 is 0 Å². The van der Waals surface area contributed by atoms with E-state index in [-0.39, 0.29) is 23.7 Å². The number of nitro benzene ring substituents is 1. The molecule has 0 saturated heterocycles. The van der Waals surface area contributed by atoms with Crippen molar-refractivity contribution in [3.8, 4) is 5.75 Å². The minimum absolute atomic E-state index is 0.162. The Morgan fingerprint density at radius 2 is 2.16 bits per heavy atom. The Morgan fingerprint density at radius 1 is 1.47 bits per heavy atom. The molecule has 0 spiro atoms. The van der Waals surface area contributed by atoms with Crippen LogP contribution in [-0.4, -0.2) is 45.8 Å². The van der Waals surface area contributed by atoms with E-state index in [1.54, 1.807) is 0 Å². The molecule has 0 aliphatic carbocycles. The molecular formula is C11H16N2O6. The van der Waals surface area contributed by atoms with Gasteiger partial charge in [0.1, 0.15) is 30.4 Å². The Balaban J connectivity index is 2.86. The summed E-state index contributed by atoms with van der Waals surface area (Å²) in [6.45, 7) is 0.812. The minimum atomic E-state index is -1.05. The third-order valence-corrected chi connectivity index (χ3v) is 2.18. The summed E-state index contributed by atoms with van der Waals surface area (Å²) < 4.78 is 5.10. The standard InChI is InChI=1S/C11H16N2O6/c1-7(15)12-10-3-2-9(4-11(10)13(17)18)19-6-8(16)5-14/h2-4,7-8,12,14-16H,5-6H2,1H3. The molecule has 1 aromatic rings. The molecule has 4 N–H and O–H groups in total. The van der Waals surface area contributed by atoms with Gasteiger partial charge in [-0.25, -0.2) is 0 Å². The fourth-order valence-corrected chi connectivity index (χ4v) is 1.34. The van der Waals surface area contributed by atoms with Gasteiger partial charge >= 0.3 is 0 Å². The van der Waals surface area contributed by atoms with Gasteiger partial charge in [-0.1, -0.05) is 0 Å². The lowest BCUT2D eigenvalue weighted by molar-refractivity contribution is -0.384. The number of ether oxygens (including phenoxy) is 1. The maximum Gasteiger partial charge on any atom is 0.296 e. The molecule has 0 saturated carbocycles. The SMILES string of the molecule is CC(O)Nc1ccc(OCC(O)CO)cc1[N+](=O)[O-]. The summed E-state index contributed by atoms with van der Waals surface area (Å²) in [5.74, 6) is 0.190. The number of aliphatic hydroxyl groups excluding tert-OH is 3. The van der Waals surface area contributed by atoms with Crippen molar-refractivity contribution in [3.05, 3.63) is 28.3 Å². The highest BCUT2D eigenvalue weighted by molar-refractivity contribution is 5.64. The first-order valence-corrected chi connectivity index (χ1v) is 5.58. The molecular weight excluding hydrogens is 256 g/mol. The topological polar surface area (TPSA) is 125 Å². The van der Waals surface area contributed by atoms with E-state index in [0.29, 0.717) is 0 Å². The van der Waals surface area contributed by atoms with Crippen LogP contribution in [-0.2, 0) is 0 Å². The van der Waals surface area contributed by atoms with Crippen LogP contribution in [0.25, 0.3) is 0 Å². The van der Waals surface area contributed by atoms with Crippen molar-refractivity contribution in [2.45, 2.75) is 19.3 Å². The van der Waals surface area contributed by atoms with E-state index in [4.69, 9.17) is 20.1 Å². The summed E-state index contributed by atoms with van der Waals surface area (Å²) in [6.07, 6.45) is -1.98. The molecule has 1 rings (SSSR count). The second-order valence-corrected chi connectivity index (χ2v) is 3.90. The fraction of sp³-hybridized carbons (Fsp3) is 0.455. The van der Waals surface area contributed by atoms with Crippen LogP contribution >= 0.6 is 0 Å². The van der Waals surface area contributed by atoms with E-state index in [2.05, 4.69) is 5.32 Å². The molecule has 2 unspecified atom stereocenters. The molecule has 19 heavy (non-hydrogen) atoms. The number of hydrogen-bond donors (Lipinski definition) is 4. The van der Waals surface area contributed by atoms with Gasteiger partial charge < -0.3 is 25.4 Å². The maximum atomic E-state index is 10.9. The van der Waals surface area contributed by atoms with Crippen molar-refractivity contribution < 1.29 is 25.0 Å². The van der Waals surface area contributed by atoms with Crippen molar-refractivity contribution in [1.29, 1.82) is 0 Å². The smallest absolute Gasteiger partial charge is 0.296 e. The molecule has 0 aliphatic rings. The molecule has 2 atom stereocenters. The quantitative estimate of drug-likeness (QED) is 0.314. The summed E-state index contributed by atoms with van der Waals surface area (Å²) in [4.78, 5) is 10.3. The van der Waals surface area contributed by atoms with Gasteiger partial charge in [-0.3, -0.25) is 10.1 Å². The van der Waals surface area contributed by atoms with E-state index in [9.17, 15) is 10.1 Å². The van der Waals surface area contributed by atoms with Crippen molar-refractivity contribution in [1.82, 2.24) is 0 Å². The largest absolute Gasteiger partial charge is 0.491 e. The number of hydrogen-bond acceptors (Lipinski definition) is 7. The third kappa shape index (κ3) is 4.70. The van der Waals surface area contributed by atoms with Gasteiger partial charge in [0.05, 0.1) is 17.6 Å². The van der Waals surface area contributed by atoms with Crippen LogP contribution in [0.4, 0.5) is 11.4 Å². The molecule has 8 heteroatoms. The van der Waals surface area contributed by atoms with Crippen LogP contribution in [0.15, 0.2) is 18.2 Å². The number of aliphatic hydroxyl groups is 3. The lowest BCUT2D eigenvalue weighted by Gasteiger charge is -2.12. The Kier molecular flexibility index (Phi) is 5.49. The first kappa shape index (κ1) is 15.2. The summed E-state index contributed by atoms with van der Waals surface area (Å²) in [7, 11) is 0. The minimum Gasteiger partial charge on any atom is -0.491 e. The van der Waals surface area contributed by atoms with Gasteiger partial charge in [0.15, 0.2) is 0 Å². The molecule has 0 aliphatic heterocycles. The Bertz CT molecular complexity index is 437. The zero-order chi connectivity index (χ0) is 14.4. The van der Waals surface area contributed by atoms with Gasteiger partial charge in [0.25, 0.3) is 5.69 Å². The van der Waals surface area contributed by atoms with Gasteiger partial charge in [-0.15, -0.1) is 0 Å². The predicted octanol–water partition coefficient (Wildman–Crippen LogP) is 0.0770. The second kappa shape index (κ2) is 6.88. The van der Waals surface area contributed by atoms with Gasteiger partial charge in [-0.05, 0) is 19.1 Å². The average Bonchev–Trinajstić information content (AvgIpc) is 2.36. The Labute approximate surface area is 109 Å². The Morgan fingerprint density at radius 3 is 2.68 bits per heavy atom. The number of benzene rings is 1. The molecule has 106 valence electrons. The van der Waals surface area contributed by atoms with Crippen LogP contribution in [0.1, 0.15) is 6.92 Å². The molecule has 1 aromatic carbocycles. The first-order valence-electron chi connectivity index (χ1n) is 5.58. The summed E-state index contributed by atoms with van der Waals surface area (Å²) in [5.41, 5.74) is -0.0908. The average molecular weight is 272 g/mol. The van der Waals surface area contributed by atoms with Crippen LogP contribution in [0, 0.1) is 10.1 Å². The molecule has 0 fully saturated rings. The van der Waals surface area contributed by atoms with Crippen LogP contribution in [0.3, 0.4) is 0 Å². The van der Waals surface area contributed by atoms with Gasteiger partial charge in [0, 0.05) is 0 Å². The van der Waals surface area contributed by atoms with Crippen molar-refractivity contribution >= 4 is 11.4 Å². The summed E-state index contributed by atoms with van der Waals surface area (Å²) in [5, 5.41) is 40.3. The monoisotopic (exact) mass is 272 g/mol. The van der Waals surface area contributed by atoms with Crippen LogP contribution in [0.5, 0.6) is 5.75 Å². The molecule has 0 heterocycles. The number of nitrogens with zero attached hydrogens (tertiary/aromatic N) is 1. The Hall–Kier alpha value is -1.90. The van der Waals surface area contributed by atoms with Crippen molar-refractivity contribution in [2.75, 3.05) is 18.5 Å². The first-order chi connectivity index (χ1) is 8.93. The predicted molar refractivity (Wildman–Crippen MR) is 67.0 cm³/mol. The van der Waals surface area contributed by atoms with E-state index < -0.39 is 23.9 Å². The number of nitrogens with one attached hydrogen (secondary N) is 1. The highest BCUT2D eigenvalue weighted by atomic mass is 16.6. The summed E-state index contributed by atoms with van der Waals surface area (Å²) in [6, 6.07) is 4.03. The third-order valence-electron chi connectivity index (χ3n) is 2.18. The second-order valence-electron chi connectivity index (χ2n) is 3.90. The van der Waals surface area contributed by atoms with Crippen molar-refractivity contribution in [2.24, 2.45) is 0 Å². The highest BCUT2D eigenvalue weighted by Gasteiger charge is 2.16. The molecule has 0 radical (unpaired) electrons. The highest BCUT2D eigenvalue weighted by Crippen LogP contribution is 2.29. The molecule has 8 nitrogen and oxygen atoms in total.